The molecule has 0 atom stereocenters. The van der Waals surface area contributed by atoms with Crippen LogP contribution in [0.4, 0.5) is 10.1 Å². The van der Waals surface area contributed by atoms with E-state index in [0.29, 0.717) is 25.2 Å². The number of sulfone groups is 1. The Labute approximate surface area is 173 Å². The first-order chi connectivity index (χ1) is 13.8. The van der Waals surface area contributed by atoms with Gasteiger partial charge in [0, 0.05) is 6.26 Å². The topological polar surface area (TPSA) is 118 Å². The molecule has 0 saturated heterocycles. The third-order valence-electron chi connectivity index (χ3n) is 3.82. The normalized spacial score (nSPS) is 11.5. The molecule has 29 heavy (non-hydrogen) atoms. The Morgan fingerprint density at radius 3 is 2.59 bits per heavy atom. The minimum Gasteiger partial charge on any atom is -0.459 e. The number of carbonyl (C=O) groups excluding carboxylic acids is 2. The van der Waals surface area contributed by atoms with Crippen molar-refractivity contribution >= 4 is 64.7 Å². The largest absolute Gasteiger partial charge is 0.459 e. The van der Waals surface area contributed by atoms with Gasteiger partial charge in [-0.15, -0.1) is 11.3 Å². The highest BCUT2D eigenvalue weighted by atomic mass is 32.2. The summed E-state index contributed by atoms with van der Waals surface area (Å²) in [6.07, 6.45) is 2.54. The molecule has 0 fully saturated rings. The van der Waals surface area contributed by atoms with E-state index < -0.39 is 15.7 Å². The molecule has 0 spiro atoms. The summed E-state index contributed by atoms with van der Waals surface area (Å²) in [5.41, 5.74) is 0.593. The van der Waals surface area contributed by atoms with Gasteiger partial charge in [0.25, 0.3) is 11.8 Å². The van der Waals surface area contributed by atoms with Crippen LogP contribution >= 0.6 is 22.7 Å². The fraction of sp³-hybridized carbons (Fsp3) is 0.0556. The highest BCUT2D eigenvalue weighted by Gasteiger charge is 2.16. The Balaban J connectivity index is 1.48. The van der Waals surface area contributed by atoms with Crippen LogP contribution in [0.5, 0.6) is 0 Å². The molecule has 0 aliphatic heterocycles. The van der Waals surface area contributed by atoms with Crippen molar-refractivity contribution in [3.63, 3.8) is 0 Å². The van der Waals surface area contributed by atoms with E-state index in [-0.39, 0.29) is 16.6 Å². The first-order valence-corrected chi connectivity index (χ1v) is 11.7. The van der Waals surface area contributed by atoms with E-state index in [9.17, 15) is 18.0 Å². The third kappa shape index (κ3) is 4.21. The van der Waals surface area contributed by atoms with Crippen molar-refractivity contribution in [2.75, 3.05) is 16.9 Å². The number of anilines is 2. The number of amides is 2. The van der Waals surface area contributed by atoms with Gasteiger partial charge in [-0.3, -0.25) is 14.9 Å². The first kappa shape index (κ1) is 19.3. The minimum atomic E-state index is -3.32. The number of aromatic nitrogens is 1. The van der Waals surface area contributed by atoms with E-state index in [1.165, 1.54) is 29.7 Å². The van der Waals surface area contributed by atoms with Crippen LogP contribution in [0.2, 0.25) is 0 Å². The predicted octanol–water partition coefficient (Wildman–Crippen LogP) is 3.86. The van der Waals surface area contributed by atoms with Crippen molar-refractivity contribution in [1.82, 2.24) is 4.98 Å². The van der Waals surface area contributed by atoms with E-state index in [4.69, 9.17) is 4.42 Å². The summed E-state index contributed by atoms with van der Waals surface area (Å²) in [5, 5.41) is 6.21. The number of hydrogen-bond acceptors (Lipinski definition) is 8. The van der Waals surface area contributed by atoms with E-state index >= 15 is 0 Å². The molecule has 148 valence electrons. The molecule has 3 heterocycles. The first-order valence-electron chi connectivity index (χ1n) is 8.16. The number of furan rings is 1. The average Bonchev–Trinajstić information content (AvgIpc) is 3.40. The van der Waals surface area contributed by atoms with Crippen molar-refractivity contribution in [1.29, 1.82) is 0 Å². The zero-order chi connectivity index (χ0) is 20.6. The number of thiophene rings is 1. The highest BCUT2D eigenvalue weighted by Crippen LogP contribution is 2.29. The van der Waals surface area contributed by atoms with Gasteiger partial charge in [0.05, 0.1) is 31.3 Å². The fourth-order valence-electron chi connectivity index (χ4n) is 2.46. The standard InChI is InChI=1S/C18H13N3O5S3/c1-29(24,25)10-4-5-11-14(9-10)28-18(19-11)21-17(23)13-6-7-15(27-13)20-16(22)12-3-2-8-26-12/h2-9H,1H3,(H,20,22)(H,19,21,23). The molecule has 0 saturated carbocycles. The number of thiazole rings is 1. The number of rotatable bonds is 5. The maximum absolute atomic E-state index is 12.5. The van der Waals surface area contributed by atoms with Crippen molar-refractivity contribution in [3.05, 3.63) is 59.4 Å². The molecular formula is C18H13N3O5S3. The lowest BCUT2D eigenvalue weighted by Crippen LogP contribution is -2.10. The van der Waals surface area contributed by atoms with Gasteiger partial charge in [-0.05, 0) is 42.5 Å². The lowest BCUT2D eigenvalue weighted by atomic mass is 10.3. The molecule has 0 radical (unpaired) electrons. The smallest absolute Gasteiger partial charge is 0.291 e. The summed E-state index contributed by atoms with van der Waals surface area (Å²) >= 11 is 2.29. The second kappa shape index (κ2) is 7.43. The maximum atomic E-state index is 12.5. The Bertz CT molecular complexity index is 1320. The van der Waals surface area contributed by atoms with Gasteiger partial charge in [0.1, 0.15) is 0 Å². The van der Waals surface area contributed by atoms with E-state index in [1.807, 2.05) is 0 Å². The SMILES string of the molecule is CS(=O)(=O)c1ccc2nc(NC(=O)c3ccc(NC(=O)c4ccco4)s3)sc2c1. The molecule has 0 aliphatic rings. The molecule has 4 rings (SSSR count). The Kier molecular flexibility index (Phi) is 4.94. The minimum absolute atomic E-state index is 0.173. The maximum Gasteiger partial charge on any atom is 0.291 e. The zero-order valence-electron chi connectivity index (χ0n) is 14.8. The lowest BCUT2D eigenvalue weighted by Gasteiger charge is -1.99. The van der Waals surface area contributed by atoms with Gasteiger partial charge in [-0.2, -0.15) is 0 Å². The molecule has 11 heteroatoms. The number of nitrogens with zero attached hydrogens (tertiary/aromatic N) is 1. The van der Waals surface area contributed by atoms with Gasteiger partial charge in [-0.1, -0.05) is 11.3 Å². The second-order valence-corrected chi connectivity index (χ2v) is 10.1. The molecule has 0 unspecified atom stereocenters. The zero-order valence-corrected chi connectivity index (χ0v) is 17.3. The van der Waals surface area contributed by atoms with Crippen LogP contribution in [0.25, 0.3) is 10.2 Å². The van der Waals surface area contributed by atoms with Crippen LogP contribution in [0.1, 0.15) is 20.2 Å². The van der Waals surface area contributed by atoms with Crippen LogP contribution in [0.15, 0.2) is 58.0 Å². The molecule has 0 aliphatic carbocycles. The monoisotopic (exact) mass is 447 g/mol. The molecule has 4 aromatic rings. The molecule has 2 amide bonds. The molecule has 0 bridgehead atoms. The van der Waals surface area contributed by atoms with Crippen LogP contribution in [-0.4, -0.2) is 31.5 Å². The van der Waals surface area contributed by atoms with Crippen molar-refractivity contribution in [2.45, 2.75) is 4.90 Å². The van der Waals surface area contributed by atoms with Gasteiger partial charge in [0.2, 0.25) is 0 Å². The molecule has 8 nitrogen and oxygen atoms in total. The van der Waals surface area contributed by atoms with Crippen molar-refractivity contribution in [3.8, 4) is 0 Å². The summed E-state index contributed by atoms with van der Waals surface area (Å²) < 4.78 is 29.0. The predicted molar refractivity (Wildman–Crippen MR) is 112 cm³/mol. The molecular weight excluding hydrogens is 434 g/mol. The number of nitrogens with one attached hydrogen (secondary N) is 2. The molecule has 1 aromatic carbocycles. The van der Waals surface area contributed by atoms with Crippen LogP contribution in [0, 0.1) is 0 Å². The lowest BCUT2D eigenvalue weighted by molar-refractivity contribution is 0.0995. The van der Waals surface area contributed by atoms with Crippen molar-refractivity contribution < 1.29 is 22.4 Å². The van der Waals surface area contributed by atoms with E-state index in [1.54, 1.807) is 30.3 Å². The number of carbonyl (C=O) groups is 2. The van der Waals surface area contributed by atoms with Crippen LogP contribution in [0.3, 0.4) is 0 Å². The van der Waals surface area contributed by atoms with E-state index in [0.717, 1.165) is 17.6 Å². The Morgan fingerprint density at radius 2 is 1.86 bits per heavy atom. The highest BCUT2D eigenvalue weighted by molar-refractivity contribution is 7.90. The van der Waals surface area contributed by atoms with Gasteiger partial charge >= 0.3 is 0 Å². The number of fused-ring (bicyclic) bond motifs is 1. The summed E-state index contributed by atoms with van der Waals surface area (Å²) in [5.74, 6) is -0.611. The summed E-state index contributed by atoms with van der Waals surface area (Å²) in [7, 11) is -3.32. The number of hydrogen-bond donors (Lipinski definition) is 2. The fourth-order valence-corrected chi connectivity index (χ4v) is 4.87. The quantitative estimate of drug-likeness (QED) is 0.480. The van der Waals surface area contributed by atoms with E-state index in [2.05, 4.69) is 15.6 Å². The third-order valence-corrected chi connectivity index (χ3v) is 6.86. The summed E-state index contributed by atoms with van der Waals surface area (Å²) in [6.45, 7) is 0. The molecule has 2 N–H and O–H groups in total. The second-order valence-electron chi connectivity index (χ2n) is 5.97. The van der Waals surface area contributed by atoms with Crippen LogP contribution < -0.4 is 10.6 Å². The summed E-state index contributed by atoms with van der Waals surface area (Å²) in [4.78, 5) is 29.4. The van der Waals surface area contributed by atoms with Crippen molar-refractivity contribution in [2.24, 2.45) is 0 Å². The average molecular weight is 448 g/mol. The van der Waals surface area contributed by atoms with Gasteiger partial charge < -0.3 is 9.73 Å². The van der Waals surface area contributed by atoms with Gasteiger partial charge in [0.15, 0.2) is 20.7 Å². The Morgan fingerprint density at radius 1 is 1.03 bits per heavy atom. The van der Waals surface area contributed by atoms with Gasteiger partial charge in [-0.25, -0.2) is 13.4 Å². The summed E-state index contributed by atoms with van der Waals surface area (Å²) in [6, 6.07) is 11.0. The molecule has 3 aromatic heterocycles. The number of benzene rings is 1. The van der Waals surface area contributed by atoms with Crippen LogP contribution in [-0.2, 0) is 9.84 Å². The Hall–Kier alpha value is -3.02.